The summed E-state index contributed by atoms with van der Waals surface area (Å²) < 4.78 is 26.1. The third-order valence-electron chi connectivity index (χ3n) is 2.60. The maximum atomic E-state index is 13.4. The summed E-state index contributed by atoms with van der Waals surface area (Å²) in [5, 5.41) is 2.81. The molecule has 0 saturated heterocycles. The van der Waals surface area contributed by atoms with Crippen molar-refractivity contribution in [2.45, 2.75) is 19.5 Å². The number of carbonyl (C=O) groups is 1. The smallest absolute Gasteiger partial charge is 0.239 e. The molecule has 1 N–H and O–H groups in total. The lowest BCUT2D eigenvalue weighted by Gasteiger charge is -2.21. The first-order valence-corrected chi connectivity index (χ1v) is 5.32. The molecular weight excluding hydrogens is 226 g/mol. The molecule has 1 aromatic carbocycles. The third kappa shape index (κ3) is 3.49. The standard InChI is InChI=1S/C12H16F2N2O/c1-8(15-2)12(17)16(3)7-9-4-5-10(13)6-11(9)14/h4-6,8,15H,7H2,1-3H3. The number of halogens is 2. The molecule has 0 saturated carbocycles. The molecular formula is C12H16F2N2O. The highest BCUT2D eigenvalue weighted by Gasteiger charge is 2.16. The Morgan fingerprint density at radius 1 is 1.47 bits per heavy atom. The van der Waals surface area contributed by atoms with E-state index >= 15 is 0 Å². The molecule has 1 rings (SSSR count). The van der Waals surface area contributed by atoms with Gasteiger partial charge in [0.05, 0.1) is 6.04 Å². The van der Waals surface area contributed by atoms with Gasteiger partial charge in [0.25, 0.3) is 0 Å². The fraction of sp³-hybridized carbons (Fsp3) is 0.417. The van der Waals surface area contributed by atoms with Gasteiger partial charge in [-0.3, -0.25) is 4.79 Å². The van der Waals surface area contributed by atoms with E-state index in [0.29, 0.717) is 5.56 Å². The van der Waals surface area contributed by atoms with E-state index in [1.807, 2.05) is 0 Å². The summed E-state index contributed by atoms with van der Waals surface area (Å²) >= 11 is 0. The minimum absolute atomic E-state index is 0.122. The zero-order chi connectivity index (χ0) is 13.0. The average Bonchev–Trinajstić information content (AvgIpc) is 2.30. The van der Waals surface area contributed by atoms with Gasteiger partial charge in [0.1, 0.15) is 11.6 Å². The third-order valence-corrected chi connectivity index (χ3v) is 2.60. The van der Waals surface area contributed by atoms with Crippen LogP contribution in [0.3, 0.4) is 0 Å². The fourth-order valence-electron chi connectivity index (χ4n) is 1.44. The van der Waals surface area contributed by atoms with Crippen molar-refractivity contribution in [3.63, 3.8) is 0 Å². The Kier molecular flexibility index (Phi) is 4.57. The molecule has 0 radical (unpaired) electrons. The van der Waals surface area contributed by atoms with E-state index in [0.717, 1.165) is 6.07 Å². The van der Waals surface area contributed by atoms with Gasteiger partial charge in [-0.1, -0.05) is 6.07 Å². The normalized spacial score (nSPS) is 12.3. The largest absolute Gasteiger partial charge is 0.340 e. The number of rotatable bonds is 4. The van der Waals surface area contributed by atoms with Crippen LogP contribution in [0.5, 0.6) is 0 Å². The van der Waals surface area contributed by atoms with Crippen molar-refractivity contribution in [2.24, 2.45) is 0 Å². The van der Waals surface area contributed by atoms with Crippen LogP contribution in [0.25, 0.3) is 0 Å². The Balaban J connectivity index is 2.74. The Bertz CT molecular complexity index is 409. The molecule has 1 atom stereocenters. The van der Waals surface area contributed by atoms with Crippen LogP contribution in [0.1, 0.15) is 12.5 Å². The van der Waals surface area contributed by atoms with Crippen molar-refractivity contribution in [1.29, 1.82) is 0 Å². The quantitative estimate of drug-likeness (QED) is 0.868. The lowest BCUT2D eigenvalue weighted by Crippen LogP contribution is -2.41. The molecule has 0 fully saturated rings. The summed E-state index contributed by atoms with van der Waals surface area (Å²) in [5.41, 5.74) is 0.297. The highest BCUT2D eigenvalue weighted by atomic mass is 19.1. The van der Waals surface area contributed by atoms with Crippen LogP contribution >= 0.6 is 0 Å². The highest BCUT2D eigenvalue weighted by molar-refractivity contribution is 5.81. The van der Waals surface area contributed by atoms with Crippen LogP contribution in [0.15, 0.2) is 18.2 Å². The molecule has 17 heavy (non-hydrogen) atoms. The van der Waals surface area contributed by atoms with Crippen molar-refractivity contribution in [3.8, 4) is 0 Å². The van der Waals surface area contributed by atoms with Crippen molar-refractivity contribution < 1.29 is 13.6 Å². The summed E-state index contributed by atoms with van der Waals surface area (Å²) in [5.74, 6) is -1.40. The van der Waals surface area contributed by atoms with Crippen LogP contribution in [0.4, 0.5) is 8.78 Å². The van der Waals surface area contributed by atoms with E-state index in [4.69, 9.17) is 0 Å². The van der Waals surface area contributed by atoms with Crippen LogP contribution in [-0.2, 0) is 11.3 Å². The zero-order valence-corrected chi connectivity index (χ0v) is 10.1. The minimum Gasteiger partial charge on any atom is -0.340 e. The maximum Gasteiger partial charge on any atom is 0.239 e. The van der Waals surface area contributed by atoms with Gasteiger partial charge >= 0.3 is 0 Å². The maximum absolute atomic E-state index is 13.4. The molecule has 0 heterocycles. The van der Waals surface area contributed by atoms with Crippen molar-refractivity contribution in [2.75, 3.05) is 14.1 Å². The number of nitrogens with zero attached hydrogens (tertiary/aromatic N) is 1. The number of hydrogen-bond acceptors (Lipinski definition) is 2. The lowest BCUT2D eigenvalue weighted by molar-refractivity contribution is -0.132. The van der Waals surface area contributed by atoms with Gasteiger partial charge in [0.15, 0.2) is 0 Å². The second-order valence-electron chi connectivity index (χ2n) is 3.94. The van der Waals surface area contributed by atoms with Crippen LogP contribution in [-0.4, -0.2) is 30.9 Å². The number of hydrogen-bond donors (Lipinski definition) is 1. The first-order chi connectivity index (χ1) is 7.95. The molecule has 94 valence electrons. The monoisotopic (exact) mass is 242 g/mol. The molecule has 0 aromatic heterocycles. The second kappa shape index (κ2) is 5.72. The first kappa shape index (κ1) is 13.6. The summed E-state index contributed by atoms with van der Waals surface area (Å²) in [6.45, 7) is 1.84. The Morgan fingerprint density at radius 3 is 2.65 bits per heavy atom. The summed E-state index contributed by atoms with van der Waals surface area (Å²) in [6, 6.07) is 3.01. The van der Waals surface area contributed by atoms with Crippen LogP contribution in [0.2, 0.25) is 0 Å². The molecule has 1 unspecified atom stereocenters. The van der Waals surface area contributed by atoms with E-state index in [9.17, 15) is 13.6 Å². The van der Waals surface area contributed by atoms with E-state index in [2.05, 4.69) is 5.32 Å². The fourth-order valence-corrected chi connectivity index (χ4v) is 1.44. The van der Waals surface area contributed by atoms with Crippen LogP contribution < -0.4 is 5.32 Å². The van der Waals surface area contributed by atoms with Gasteiger partial charge in [-0.2, -0.15) is 0 Å². The second-order valence-corrected chi connectivity index (χ2v) is 3.94. The SMILES string of the molecule is CNC(C)C(=O)N(C)Cc1ccc(F)cc1F. The summed E-state index contributed by atoms with van der Waals surface area (Å²) in [7, 11) is 3.26. The Hall–Kier alpha value is -1.49. The Labute approximate surface area is 99.4 Å². The number of nitrogens with one attached hydrogen (secondary N) is 1. The molecule has 1 aromatic rings. The van der Waals surface area contributed by atoms with Gasteiger partial charge in [0.2, 0.25) is 5.91 Å². The topological polar surface area (TPSA) is 32.3 Å². The molecule has 5 heteroatoms. The molecule has 0 aliphatic rings. The van der Waals surface area contributed by atoms with Crippen molar-refractivity contribution in [3.05, 3.63) is 35.4 Å². The number of amides is 1. The van der Waals surface area contributed by atoms with Gasteiger partial charge in [-0.15, -0.1) is 0 Å². The molecule has 1 amide bonds. The van der Waals surface area contributed by atoms with Gasteiger partial charge < -0.3 is 10.2 Å². The van der Waals surface area contributed by atoms with Gasteiger partial charge in [0, 0.05) is 25.2 Å². The predicted molar refractivity (Wildman–Crippen MR) is 61.4 cm³/mol. The summed E-state index contributed by atoms with van der Waals surface area (Å²) in [6.07, 6.45) is 0. The van der Waals surface area contributed by atoms with E-state index in [-0.39, 0.29) is 18.5 Å². The van der Waals surface area contributed by atoms with E-state index in [1.54, 1.807) is 21.0 Å². The number of likely N-dealkylation sites (N-methyl/N-ethyl adjacent to an activating group) is 2. The molecule has 0 bridgehead atoms. The molecule has 0 spiro atoms. The average molecular weight is 242 g/mol. The minimum atomic E-state index is -0.637. The summed E-state index contributed by atoms with van der Waals surface area (Å²) in [4.78, 5) is 13.1. The molecule has 0 aliphatic heterocycles. The number of benzene rings is 1. The van der Waals surface area contributed by atoms with Crippen LogP contribution in [0, 0.1) is 11.6 Å². The van der Waals surface area contributed by atoms with Gasteiger partial charge in [-0.05, 0) is 20.0 Å². The lowest BCUT2D eigenvalue weighted by atomic mass is 10.2. The van der Waals surface area contributed by atoms with Gasteiger partial charge in [-0.25, -0.2) is 8.78 Å². The first-order valence-electron chi connectivity index (χ1n) is 5.32. The van der Waals surface area contributed by atoms with Crippen molar-refractivity contribution >= 4 is 5.91 Å². The van der Waals surface area contributed by atoms with E-state index < -0.39 is 11.6 Å². The Morgan fingerprint density at radius 2 is 2.12 bits per heavy atom. The zero-order valence-electron chi connectivity index (χ0n) is 10.1. The molecule has 3 nitrogen and oxygen atoms in total. The molecule has 0 aliphatic carbocycles. The highest BCUT2D eigenvalue weighted by Crippen LogP contribution is 2.11. The van der Waals surface area contributed by atoms with Crippen molar-refractivity contribution in [1.82, 2.24) is 10.2 Å². The van der Waals surface area contributed by atoms with E-state index in [1.165, 1.54) is 17.0 Å². The number of carbonyl (C=O) groups excluding carboxylic acids is 1. The predicted octanol–water partition coefficient (Wildman–Crippen LogP) is 1.53.